The number of carbonyl (C=O) groups excluding carboxylic acids is 1. The number of carboxylic acid groups (broad SMARTS) is 1. The van der Waals surface area contributed by atoms with Crippen molar-refractivity contribution in [2.24, 2.45) is 0 Å². The second-order valence-corrected chi connectivity index (χ2v) is 6.36. The SMILES string of the molecule is CC(C)(C)OC(=O)NC(C(=O)O)c1ccc(Cl)c2cccnc12. The van der Waals surface area contributed by atoms with E-state index in [1.807, 2.05) is 0 Å². The summed E-state index contributed by atoms with van der Waals surface area (Å²) in [4.78, 5) is 27.7. The van der Waals surface area contributed by atoms with Crippen molar-refractivity contribution in [2.75, 3.05) is 0 Å². The third-order valence-electron chi connectivity index (χ3n) is 2.97. The number of carbonyl (C=O) groups is 2. The van der Waals surface area contributed by atoms with Crippen molar-refractivity contribution >= 4 is 34.6 Å². The topological polar surface area (TPSA) is 88.5 Å². The van der Waals surface area contributed by atoms with E-state index in [1.165, 1.54) is 12.3 Å². The van der Waals surface area contributed by atoms with Crippen LogP contribution < -0.4 is 5.32 Å². The fourth-order valence-electron chi connectivity index (χ4n) is 2.09. The van der Waals surface area contributed by atoms with Gasteiger partial charge in [-0.1, -0.05) is 17.7 Å². The molecule has 1 unspecified atom stereocenters. The third kappa shape index (κ3) is 4.10. The van der Waals surface area contributed by atoms with E-state index in [9.17, 15) is 14.7 Å². The molecule has 0 spiro atoms. The summed E-state index contributed by atoms with van der Waals surface area (Å²) >= 11 is 6.11. The number of fused-ring (bicyclic) bond motifs is 1. The summed E-state index contributed by atoms with van der Waals surface area (Å²) in [6.07, 6.45) is 0.720. The van der Waals surface area contributed by atoms with Crippen molar-refractivity contribution in [3.05, 3.63) is 41.0 Å². The Morgan fingerprint density at radius 3 is 2.61 bits per heavy atom. The van der Waals surface area contributed by atoms with Crippen LogP contribution in [0.1, 0.15) is 32.4 Å². The van der Waals surface area contributed by atoms with Gasteiger partial charge in [-0.15, -0.1) is 0 Å². The van der Waals surface area contributed by atoms with Crippen LogP contribution in [0.3, 0.4) is 0 Å². The van der Waals surface area contributed by atoms with Gasteiger partial charge in [-0.2, -0.15) is 0 Å². The minimum absolute atomic E-state index is 0.336. The third-order valence-corrected chi connectivity index (χ3v) is 3.30. The maximum atomic E-state index is 11.9. The average molecular weight is 337 g/mol. The Kier molecular flexibility index (Phi) is 4.75. The van der Waals surface area contributed by atoms with Gasteiger partial charge in [0.2, 0.25) is 0 Å². The van der Waals surface area contributed by atoms with E-state index < -0.39 is 23.7 Å². The van der Waals surface area contributed by atoms with Gasteiger partial charge in [0.1, 0.15) is 5.60 Å². The highest BCUT2D eigenvalue weighted by molar-refractivity contribution is 6.35. The summed E-state index contributed by atoms with van der Waals surface area (Å²) < 4.78 is 5.12. The van der Waals surface area contributed by atoms with Crippen molar-refractivity contribution in [2.45, 2.75) is 32.4 Å². The summed E-state index contributed by atoms with van der Waals surface area (Å²) in [6.45, 7) is 5.09. The molecule has 0 radical (unpaired) electrons. The molecule has 1 heterocycles. The lowest BCUT2D eigenvalue weighted by atomic mass is 10.0. The predicted octanol–water partition coefficient (Wildman–Crippen LogP) is 3.54. The van der Waals surface area contributed by atoms with Crippen LogP contribution in [0, 0.1) is 0 Å². The highest BCUT2D eigenvalue weighted by Gasteiger charge is 2.27. The first kappa shape index (κ1) is 17.0. The smallest absolute Gasteiger partial charge is 0.408 e. The predicted molar refractivity (Wildman–Crippen MR) is 86.5 cm³/mol. The van der Waals surface area contributed by atoms with Gasteiger partial charge in [-0.25, -0.2) is 9.59 Å². The van der Waals surface area contributed by atoms with E-state index in [0.717, 1.165) is 0 Å². The normalized spacial score (nSPS) is 12.7. The van der Waals surface area contributed by atoms with Crippen molar-refractivity contribution in [3.63, 3.8) is 0 Å². The molecule has 6 nitrogen and oxygen atoms in total. The zero-order valence-corrected chi connectivity index (χ0v) is 13.7. The van der Waals surface area contributed by atoms with Crippen LogP contribution in [0.2, 0.25) is 5.02 Å². The number of halogens is 1. The van der Waals surface area contributed by atoms with E-state index in [4.69, 9.17) is 16.3 Å². The lowest BCUT2D eigenvalue weighted by Crippen LogP contribution is -2.38. The molecule has 0 aliphatic heterocycles. The number of nitrogens with zero attached hydrogens (tertiary/aromatic N) is 1. The standard InChI is InChI=1S/C16H17ClN2O4/c1-16(2,3)23-15(22)19-13(14(20)21)10-6-7-11(17)9-5-4-8-18-12(9)10/h4-8,13H,1-3H3,(H,19,22)(H,20,21). The molecule has 1 aromatic carbocycles. The van der Waals surface area contributed by atoms with Crippen LogP contribution >= 0.6 is 11.6 Å². The summed E-state index contributed by atoms with van der Waals surface area (Å²) in [5.74, 6) is -1.22. The van der Waals surface area contributed by atoms with Crippen LogP contribution in [-0.4, -0.2) is 27.8 Å². The number of aromatic nitrogens is 1. The number of alkyl carbamates (subject to hydrolysis) is 1. The molecule has 2 aromatic rings. The Morgan fingerprint density at radius 1 is 1.30 bits per heavy atom. The number of hydrogen-bond acceptors (Lipinski definition) is 4. The Hall–Kier alpha value is -2.34. The fourth-order valence-corrected chi connectivity index (χ4v) is 2.31. The van der Waals surface area contributed by atoms with Gasteiger partial charge in [0, 0.05) is 22.2 Å². The zero-order chi connectivity index (χ0) is 17.2. The highest BCUT2D eigenvalue weighted by Crippen LogP contribution is 2.28. The number of ether oxygens (including phenoxy) is 1. The number of pyridine rings is 1. The first-order valence-electron chi connectivity index (χ1n) is 6.94. The molecule has 0 fully saturated rings. The molecule has 122 valence electrons. The minimum Gasteiger partial charge on any atom is -0.479 e. The minimum atomic E-state index is -1.29. The van der Waals surface area contributed by atoms with Crippen molar-refractivity contribution in [1.29, 1.82) is 0 Å². The summed E-state index contributed by atoms with van der Waals surface area (Å²) in [6, 6.07) is 5.26. The summed E-state index contributed by atoms with van der Waals surface area (Å²) in [7, 11) is 0. The monoisotopic (exact) mass is 336 g/mol. The van der Waals surface area contributed by atoms with Gasteiger partial charge in [0.05, 0.1) is 5.52 Å². The van der Waals surface area contributed by atoms with Gasteiger partial charge in [0.25, 0.3) is 0 Å². The number of aliphatic carboxylic acids is 1. The Bertz CT molecular complexity index is 755. The second kappa shape index (κ2) is 6.42. The molecule has 0 aliphatic rings. The molecule has 1 atom stereocenters. The zero-order valence-electron chi connectivity index (χ0n) is 13.0. The second-order valence-electron chi connectivity index (χ2n) is 5.95. The van der Waals surface area contributed by atoms with Gasteiger partial charge in [-0.05, 0) is 39.0 Å². The molecule has 2 rings (SSSR count). The quantitative estimate of drug-likeness (QED) is 0.895. The maximum absolute atomic E-state index is 11.9. The van der Waals surface area contributed by atoms with Gasteiger partial charge in [0.15, 0.2) is 6.04 Å². The van der Waals surface area contributed by atoms with E-state index in [0.29, 0.717) is 21.5 Å². The number of rotatable bonds is 3. The Morgan fingerprint density at radius 2 is 2.00 bits per heavy atom. The van der Waals surface area contributed by atoms with Crippen LogP contribution in [0.4, 0.5) is 4.79 Å². The van der Waals surface area contributed by atoms with Crippen molar-refractivity contribution in [1.82, 2.24) is 10.3 Å². The first-order chi connectivity index (χ1) is 10.7. The van der Waals surface area contributed by atoms with Crippen molar-refractivity contribution < 1.29 is 19.4 Å². The van der Waals surface area contributed by atoms with Gasteiger partial charge < -0.3 is 15.2 Å². The van der Waals surface area contributed by atoms with E-state index >= 15 is 0 Å². The summed E-state index contributed by atoms with van der Waals surface area (Å²) in [5, 5.41) is 12.9. The molecule has 0 saturated carbocycles. The lowest BCUT2D eigenvalue weighted by molar-refractivity contribution is -0.139. The molecule has 0 bridgehead atoms. The van der Waals surface area contributed by atoms with E-state index in [2.05, 4.69) is 10.3 Å². The molecular formula is C16H17ClN2O4. The number of carboxylic acids is 1. The van der Waals surface area contributed by atoms with Crippen LogP contribution in [0.25, 0.3) is 10.9 Å². The number of benzene rings is 1. The van der Waals surface area contributed by atoms with E-state index in [-0.39, 0.29) is 0 Å². The molecule has 23 heavy (non-hydrogen) atoms. The number of hydrogen-bond donors (Lipinski definition) is 2. The Balaban J connectivity index is 2.41. The Labute approximate surface area is 138 Å². The fraction of sp³-hybridized carbons (Fsp3) is 0.312. The average Bonchev–Trinajstić information content (AvgIpc) is 2.44. The van der Waals surface area contributed by atoms with Gasteiger partial charge in [-0.3, -0.25) is 4.98 Å². The molecule has 2 N–H and O–H groups in total. The molecule has 0 saturated heterocycles. The summed E-state index contributed by atoms with van der Waals surface area (Å²) in [5.41, 5.74) is 0.0276. The van der Waals surface area contributed by atoms with E-state index in [1.54, 1.807) is 39.0 Å². The lowest BCUT2D eigenvalue weighted by Gasteiger charge is -2.22. The molecule has 1 amide bonds. The van der Waals surface area contributed by atoms with Crippen LogP contribution in [0.15, 0.2) is 30.5 Å². The van der Waals surface area contributed by atoms with Crippen LogP contribution in [-0.2, 0) is 9.53 Å². The molecule has 1 aromatic heterocycles. The number of nitrogens with one attached hydrogen (secondary N) is 1. The van der Waals surface area contributed by atoms with Gasteiger partial charge >= 0.3 is 12.1 Å². The molecule has 0 aliphatic carbocycles. The van der Waals surface area contributed by atoms with Crippen molar-refractivity contribution in [3.8, 4) is 0 Å². The molecular weight excluding hydrogens is 320 g/mol. The largest absolute Gasteiger partial charge is 0.479 e. The highest BCUT2D eigenvalue weighted by atomic mass is 35.5. The molecule has 7 heteroatoms. The maximum Gasteiger partial charge on any atom is 0.408 e. The van der Waals surface area contributed by atoms with Crippen LogP contribution in [0.5, 0.6) is 0 Å². The number of amides is 1. The first-order valence-corrected chi connectivity index (χ1v) is 7.32.